The van der Waals surface area contributed by atoms with Gasteiger partial charge in [0.2, 0.25) is 0 Å². The normalized spacial score (nSPS) is 14.3. The van der Waals surface area contributed by atoms with E-state index in [1.165, 1.54) is 82.0 Å². The van der Waals surface area contributed by atoms with Crippen LogP contribution in [0, 0.1) is 3.57 Å². The summed E-state index contributed by atoms with van der Waals surface area (Å²) in [5.41, 5.74) is 0.465. The standard InChI is InChI=1S/C16H36N.C7H4IO3/c1-5-9-13-17(14-10-6-2,15-11-7-3)16-12-8-4;9-7-5-3-1-2-4-6(5)8(10)11-7/h5-16H2,1-4H3;1-4H/q+1;-1. The first-order valence-electron chi connectivity index (χ1n) is 11.1. The average Bonchev–Trinajstić information content (AvgIpc) is 3.01. The second kappa shape index (κ2) is 14.3. The molecule has 1 heterocycles. The summed E-state index contributed by atoms with van der Waals surface area (Å²) in [4.78, 5) is 10.9. The summed E-state index contributed by atoms with van der Waals surface area (Å²) in [6.07, 6.45) is 11.1. The van der Waals surface area contributed by atoms with E-state index in [1.807, 2.05) is 0 Å². The Morgan fingerprint density at radius 1 is 0.821 bits per heavy atom. The van der Waals surface area contributed by atoms with Gasteiger partial charge in [-0.25, -0.2) is 0 Å². The van der Waals surface area contributed by atoms with Crippen LogP contribution in [0.4, 0.5) is 0 Å². The van der Waals surface area contributed by atoms with Gasteiger partial charge >= 0.3 is 71.3 Å². The minimum absolute atomic E-state index is 0.444. The molecule has 162 valence electrons. The van der Waals surface area contributed by atoms with E-state index in [0.29, 0.717) is 9.13 Å². The molecule has 4 nitrogen and oxygen atoms in total. The second-order valence-corrected chi connectivity index (χ2v) is 10.6. The van der Waals surface area contributed by atoms with Crippen molar-refractivity contribution in [1.82, 2.24) is 0 Å². The molecule has 2 rings (SSSR count). The second-order valence-electron chi connectivity index (χ2n) is 7.71. The van der Waals surface area contributed by atoms with Crippen molar-refractivity contribution in [1.29, 1.82) is 0 Å². The van der Waals surface area contributed by atoms with Crippen LogP contribution in [0.15, 0.2) is 24.3 Å². The predicted molar refractivity (Wildman–Crippen MR) is 124 cm³/mol. The van der Waals surface area contributed by atoms with Crippen molar-refractivity contribution in [2.75, 3.05) is 26.2 Å². The monoisotopic (exact) mass is 505 g/mol. The average molecular weight is 505 g/mol. The Labute approximate surface area is 180 Å². The maximum absolute atomic E-state index is 11.1. The Morgan fingerprint density at radius 2 is 1.25 bits per heavy atom. The van der Waals surface area contributed by atoms with Crippen molar-refractivity contribution in [3.63, 3.8) is 0 Å². The number of unbranched alkanes of at least 4 members (excludes halogenated alkanes) is 4. The zero-order valence-electron chi connectivity index (χ0n) is 18.3. The van der Waals surface area contributed by atoms with Crippen LogP contribution in [-0.2, 0) is 3.07 Å². The van der Waals surface area contributed by atoms with Crippen LogP contribution in [0.25, 0.3) is 0 Å². The summed E-state index contributed by atoms with van der Waals surface area (Å²) in [6, 6.07) is 6.80. The zero-order valence-corrected chi connectivity index (χ0v) is 20.5. The number of carbonyl (C=O) groups excluding carboxylic acids is 1. The molecular weight excluding hydrogens is 465 g/mol. The third-order valence-corrected chi connectivity index (χ3v) is 8.03. The Kier molecular flexibility index (Phi) is 13.0. The molecule has 0 bridgehead atoms. The zero-order chi connectivity index (χ0) is 20.8. The molecule has 1 aliphatic rings. The summed E-state index contributed by atoms with van der Waals surface area (Å²) in [5.74, 6) is -0.444. The third kappa shape index (κ3) is 8.37. The predicted octanol–water partition coefficient (Wildman–Crippen LogP) is 5.73. The fourth-order valence-corrected chi connectivity index (χ4v) is 5.77. The number of hydrogen-bond donors (Lipinski definition) is 0. The molecule has 0 radical (unpaired) electrons. The van der Waals surface area contributed by atoms with Gasteiger partial charge in [0.15, 0.2) is 0 Å². The Bertz CT molecular complexity index is 527. The van der Waals surface area contributed by atoms with Gasteiger partial charge in [-0.1, -0.05) is 53.4 Å². The summed E-state index contributed by atoms with van der Waals surface area (Å²) < 4.78 is 17.7. The molecule has 0 saturated heterocycles. The van der Waals surface area contributed by atoms with E-state index in [4.69, 9.17) is 0 Å². The molecule has 5 heteroatoms. The number of carbonyl (C=O) groups is 1. The topological polar surface area (TPSA) is 49.4 Å². The van der Waals surface area contributed by atoms with E-state index in [2.05, 4.69) is 30.8 Å². The van der Waals surface area contributed by atoms with Crippen molar-refractivity contribution >= 4 is 26.6 Å². The van der Waals surface area contributed by atoms with E-state index < -0.39 is 26.6 Å². The molecule has 0 saturated carbocycles. The van der Waals surface area contributed by atoms with Gasteiger partial charge in [-0.3, -0.25) is 0 Å². The quantitative estimate of drug-likeness (QED) is 0.270. The molecule has 0 amide bonds. The third-order valence-electron chi connectivity index (χ3n) is 5.34. The number of fused-ring (bicyclic) bond motifs is 1. The number of nitrogens with zero attached hydrogens (tertiary/aromatic N) is 1. The van der Waals surface area contributed by atoms with Gasteiger partial charge in [0.25, 0.3) is 0 Å². The van der Waals surface area contributed by atoms with Gasteiger partial charge in [0.1, 0.15) is 0 Å². The van der Waals surface area contributed by atoms with Crippen molar-refractivity contribution in [3.05, 3.63) is 33.4 Å². The first-order valence-corrected chi connectivity index (χ1v) is 13.9. The van der Waals surface area contributed by atoms with Crippen LogP contribution < -0.4 is 3.44 Å². The van der Waals surface area contributed by atoms with Crippen LogP contribution in [-0.4, -0.2) is 36.6 Å². The van der Waals surface area contributed by atoms with E-state index in [0.717, 1.165) is 0 Å². The summed E-state index contributed by atoms with van der Waals surface area (Å²) >= 11 is -2.77. The van der Waals surface area contributed by atoms with E-state index >= 15 is 0 Å². The number of quaternary nitrogens is 1. The van der Waals surface area contributed by atoms with Gasteiger partial charge in [-0.15, -0.1) is 0 Å². The minimum atomic E-state index is -2.77. The van der Waals surface area contributed by atoms with Gasteiger partial charge in [0, 0.05) is 0 Å². The van der Waals surface area contributed by atoms with E-state index in [9.17, 15) is 8.23 Å². The summed E-state index contributed by atoms with van der Waals surface area (Å²) in [6.45, 7) is 15.0. The van der Waals surface area contributed by atoms with Crippen LogP contribution in [0.2, 0.25) is 0 Å². The number of hydrogen-bond acceptors (Lipinski definition) is 3. The van der Waals surface area contributed by atoms with E-state index in [1.54, 1.807) is 24.3 Å². The number of benzene rings is 1. The van der Waals surface area contributed by atoms with E-state index in [-0.39, 0.29) is 0 Å². The number of rotatable bonds is 12. The molecule has 0 aliphatic carbocycles. The molecule has 0 aromatic heterocycles. The Hall–Kier alpha value is -0.660. The van der Waals surface area contributed by atoms with Crippen LogP contribution in [0.5, 0.6) is 0 Å². The summed E-state index contributed by atoms with van der Waals surface area (Å²) in [7, 11) is 0. The molecule has 0 spiro atoms. The maximum atomic E-state index is 11.1. The van der Waals surface area contributed by atoms with Gasteiger partial charge in [-0.2, -0.15) is 0 Å². The summed E-state index contributed by atoms with van der Waals surface area (Å²) in [5, 5.41) is 0. The van der Waals surface area contributed by atoms with Crippen molar-refractivity contribution < 1.29 is 15.8 Å². The van der Waals surface area contributed by atoms with Gasteiger partial charge < -0.3 is 4.48 Å². The molecule has 0 fully saturated rings. The fraction of sp³-hybridized carbons (Fsp3) is 0.696. The molecule has 28 heavy (non-hydrogen) atoms. The van der Waals surface area contributed by atoms with Gasteiger partial charge in [-0.05, 0) is 25.7 Å². The molecule has 0 N–H and O–H groups in total. The molecule has 1 aliphatic heterocycles. The first kappa shape index (κ1) is 25.4. The molecule has 0 unspecified atom stereocenters. The number of halogens is 1. The molecular formula is C23H40INO3. The molecule has 1 aromatic carbocycles. The van der Waals surface area contributed by atoms with Crippen molar-refractivity contribution in [2.45, 2.75) is 79.1 Å². The Morgan fingerprint density at radius 3 is 1.64 bits per heavy atom. The molecule has 0 atom stereocenters. The van der Waals surface area contributed by atoms with Crippen LogP contribution in [0.1, 0.15) is 89.4 Å². The van der Waals surface area contributed by atoms with Crippen molar-refractivity contribution in [3.8, 4) is 0 Å². The first-order chi connectivity index (χ1) is 13.5. The Balaban J connectivity index is 0.000000302. The van der Waals surface area contributed by atoms with Crippen LogP contribution >= 0.6 is 20.6 Å². The van der Waals surface area contributed by atoms with Gasteiger partial charge in [0.05, 0.1) is 26.2 Å². The molecule has 1 aromatic rings. The fourth-order valence-electron chi connectivity index (χ4n) is 3.55. The SMILES string of the molecule is CCCC[N+](CCCC)(CCCC)CCCC.O=C1OI([O-])c2ccccc21. The van der Waals surface area contributed by atoms with Crippen LogP contribution in [0.3, 0.4) is 0 Å². The van der Waals surface area contributed by atoms with Crippen molar-refractivity contribution in [2.24, 2.45) is 0 Å².